The van der Waals surface area contributed by atoms with E-state index in [1.54, 1.807) is 0 Å². The van der Waals surface area contributed by atoms with Crippen molar-refractivity contribution in [2.24, 2.45) is 5.92 Å². The summed E-state index contributed by atoms with van der Waals surface area (Å²) in [6.45, 7) is 8.18. The van der Waals surface area contributed by atoms with Gasteiger partial charge in [-0.2, -0.15) is 0 Å². The predicted octanol–water partition coefficient (Wildman–Crippen LogP) is 2.77. The van der Waals surface area contributed by atoms with Crippen LogP contribution in [0.5, 0.6) is 0 Å². The van der Waals surface area contributed by atoms with Crippen molar-refractivity contribution in [3.8, 4) is 0 Å². The van der Waals surface area contributed by atoms with Crippen molar-refractivity contribution in [3.63, 3.8) is 0 Å². The molecular formula is C17H26N4. The molecule has 0 spiro atoms. The molecule has 0 atom stereocenters. The van der Waals surface area contributed by atoms with Crippen molar-refractivity contribution in [1.29, 1.82) is 0 Å². The minimum Gasteiger partial charge on any atom is -0.346 e. The van der Waals surface area contributed by atoms with Gasteiger partial charge in [-0.1, -0.05) is 6.92 Å². The number of hydrogen-bond donors (Lipinski definition) is 2. The molecule has 1 aliphatic heterocycles. The van der Waals surface area contributed by atoms with Gasteiger partial charge in [0.15, 0.2) is 0 Å². The van der Waals surface area contributed by atoms with Gasteiger partial charge in [0.25, 0.3) is 0 Å². The number of hydrogen-bond acceptors (Lipinski definition) is 3. The van der Waals surface area contributed by atoms with Gasteiger partial charge < -0.3 is 15.2 Å². The largest absolute Gasteiger partial charge is 0.346 e. The molecule has 3 heterocycles. The van der Waals surface area contributed by atoms with Crippen molar-refractivity contribution >= 4 is 11.0 Å². The number of pyridine rings is 1. The SMILES string of the molecule is CC1CCN(CCCNCc2c[nH]c3ncccc23)CC1. The maximum Gasteiger partial charge on any atom is 0.137 e. The normalized spacial score (nSPS) is 17.6. The highest BCUT2D eigenvalue weighted by molar-refractivity contribution is 5.79. The number of H-pyrrole nitrogens is 1. The van der Waals surface area contributed by atoms with Gasteiger partial charge in [-0.15, -0.1) is 0 Å². The monoisotopic (exact) mass is 286 g/mol. The maximum absolute atomic E-state index is 4.32. The highest BCUT2D eigenvalue weighted by Gasteiger charge is 2.14. The van der Waals surface area contributed by atoms with Gasteiger partial charge in [0, 0.05) is 24.3 Å². The number of nitrogens with zero attached hydrogens (tertiary/aromatic N) is 2. The van der Waals surface area contributed by atoms with Crippen molar-refractivity contribution in [3.05, 3.63) is 30.1 Å². The van der Waals surface area contributed by atoms with E-state index in [1.165, 1.54) is 49.8 Å². The zero-order valence-corrected chi connectivity index (χ0v) is 12.9. The minimum absolute atomic E-state index is 0.919. The van der Waals surface area contributed by atoms with Crippen molar-refractivity contribution < 1.29 is 0 Å². The van der Waals surface area contributed by atoms with Gasteiger partial charge in [0.2, 0.25) is 0 Å². The van der Waals surface area contributed by atoms with Crippen molar-refractivity contribution in [2.75, 3.05) is 26.2 Å². The van der Waals surface area contributed by atoms with Crippen LogP contribution in [0.25, 0.3) is 11.0 Å². The molecule has 0 aliphatic carbocycles. The second kappa shape index (κ2) is 7.05. The van der Waals surface area contributed by atoms with E-state index in [9.17, 15) is 0 Å². The molecule has 0 bridgehead atoms. The molecule has 4 heteroatoms. The van der Waals surface area contributed by atoms with E-state index >= 15 is 0 Å². The zero-order valence-electron chi connectivity index (χ0n) is 12.9. The van der Waals surface area contributed by atoms with E-state index in [1.807, 2.05) is 12.3 Å². The molecule has 1 saturated heterocycles. The van der Waals surface area contributed by atoms with E-state index in [4.69, 9.17) is 0 Å². The first-order valence-electron chi connectivity index (χ1n) is 8.17. The van der Waals surface area contributed by atoms with Gasteiger partial charge in [-0.3, -0.25) is 0 Å². The number of nitrogens with one attached hydrogen (secondary N) is 2. The average molecular weight is 286 g/mol. The number of aromatic amines is 1. The second-order valence-electron chi connectivity index (χ2n) is 6.27. The summed E-state index contributed by atoms with van der Waals surface area (Å²) in [5.41, 5.74) is 2.29. The molecule has 3 rings (SSSR count). The summed E-state index contributed by atoms with van der Waals surface area (Å²) in [5.74, 6) is 0.926. The number of piperidine rings is 1. The molecule has 2 aromatic heterocycles. The summed E-state index contributed by atoms with van der Waals surface area (Å²) < 4.78 is 0. The topological polar surface area (TPSA) is 44.0 Å². The Kier molecular flexibility index (Phi) is 4.88. The molecule has 1 fully saturated rings. The van der Waals surface area contributed by atoms with Gasteiger partial charge in [-0.25, -0.2) is 4.98 Å². The maximum atomic E-state index is 4.32. The fourth-order valence-corrected chi connectivity index (χ4v) is 3.10. The Bertz CT molecular complexity index is 555. The molecule has 0 radical (unpaired) electrons. The van der Waals surface area contributed by atoms with E-state index in [2.05, 4.69) is 39.4 Å². The molecule has 0 amide bonds. The summed E-state index contributed by atoms with van der Waals surface area (Å²) in [5, 5.41) is 4.79. The summed E-state index contributed by atoms with van der Waals surface area (Å²) in [6, 6.07) is 4.13. The van der Waals surface area contributed by atoms with Crippen LogP contribution in [0.3, 0.4) is 0 Å². The van der Waals surface area contributed by atoms with Crippen LogP contribution in [0, 0.1) is 5.92 Å². The fourth-order valence-electron chi connectivity index (χ4n) is 3.10. The lowest BCUT2D eigenvalue weighted by atomic mass is 9.99. The molecule has 0 saturated carbocycles. The number of aromatic nitrogens is 2. The Morgan fingerprint density at radius 2 is 2.24 bits per heavy atom. The van der Waals surface area contributed by atoms with Crippen LogP contribution in [0.2, 0.25) is 0 Å². The summed E-state index contributed by atoms with van der Waals surface area (Å²) in [4.78, 5) is 10.2. The quantitative estimate of drug-likeness (QED) is 0.803. The van der Waals surface area contributed by atoms with Gasteiger partial charge in [0.1, 0.15) is 5.65 Å². The Morgan fingerprint density at radius 1 is 1.38 bits per heavy atom. The van der Waals surface area contributed by atoms with Gasteiger partial charge in [-0.05, 0) is 69.1 Å². The van der Waals surface area contributed by atoms with Crippen LogP contribution in [-0.2, 0) is 6.54 Å². The Labute approximate surface area is 126 Å². The standard InChI is InChI=1S/C17H26N4/c1-14-5-10-21(11-6-14)9-3-7-18-12-15-13-20-17-16(15)4-2-8-19-17/h2,4,8,13-14,18H,3,5-7,9-12H2,1H3,(H,19,20). The lowest BCUT2D eigenvalue weighted by molar-refractivity contribution is 0.190. The van der Waals surface area contributed by atoms with Crippen LogP contribution in [-0.4, -0.2) is 41.0 Å². The molecule has 1 aliphatic rings. The molecule has 0 unspecified atom stereocenters. The van der Waals surface area contributed by atoms with Crippen molar-refractivity contribution in [2.45, 2.75) is 32.7 Å². The first-order chi connectivity index (χ1) is 10.3. The Balaban J connectivity index is 1.37. The zero-order chi connectivity index (χ0) is 14.5. The highest BCUT2D eigenvalue weighted by atomic mass is 15.1. The number of likely N-dealkylation sites (tertiary alicyclic amines) is 1. The van der Waals surface area contributed by atoms with Gasteiger partial charge in [0.05, 0.1) is 0 Å². The first kappa shape index (κ1) is 14.5. The van der Waals surface area contributed by atoms with Crippen LogP contribution in [0.1, 0.15) is 31.7 Å². The Morgan fingerprint density at radius 3 is 3.10 bits per heavy atom. The molecular weight excluding hydrogens is 260 g/mol. The predicted molar refractivity (Wildman–Crippen MR) is 87.3 cm³/mol. The third kappa shape index (κ3) is 3.83. The number of fused-ring (bicyclic) bond motifs is 1. The van der Waals surface area contributed by atoms with Crippen LogP contribution < -0.4 is 5.32 Å². The second-order valence-corrected chi connectivity index (χ2v) is 6.27. The van der Waals surface area contributed by atoms with Crippen LogP contribution in [0.15, 0.2) is 24.5 Å². The molecule has 21 heavy (non-hydrogen) atoms. The fraction of sp³-hybridized carbons (Fsp3) is 0.588. The molecule has 114 valence electrons. The Hall–Kier alpha value is -1.39. The summed E-state index contributed by atoms with van der Waals surface area (Å²) >= 11 is 0. The molecule has 0 aromatic carbocycles. The lowest BCUT2D eigenvalue weighted by Crippen LogP contribution is -2.34. The third-order valence-electron chi connectivity index (χ3n) is 4.56. The summed E-state index contributed by atoms with van der Waals surface area (Å²) in [7, 11) is 0. The molecule has 2 aromatic rings. The van der Waals surface area contributed by atoms with E-state index < -0.39 is 0 Å². The molecule has 4 nitrogen and oxygen atoms in total. The van der Waals surface area contributed by atoms with E-state index in [-0.39, 0.29) is 0 Å². The summed E-state index contributed by atoms with van der Waals surface area (Å²) in [6.07, 6.45) is 7.87. The van der Waals surface area contributed by atoms with Gasteiger partial charge >= 0.3 is 0 Å². The number of rotatable bonds is 6. The minimum atomic E-state index is 0.919. The van der Waals surface area contributed by atoms with Crippen molar-refractivity contribution in [1.82, 2.24) is 20.2 Å². The van der Waals surface area contributed by atoms with E-state index in [0.29, 0.717) is 0 Å². The smallest absolute Gasteiger partial charge is 0.137 e. The first-order valence-corrected chi connectivity index (χ1v) is 8.17. The van der Waals surface area contributed by atoms with Crippen LogP contribution >= 0.6 is 0 Å². The highest BCUT2D eigenvalue weighted by Crippen LogP contribution is 2.16. The third-order valence-corrected chi connectivity index (χ3v) is 4.56. The van der Waals surface area contributed by atoms with E-state index in [0.717, 1.165) is 24.7 Å². The average Bonchev–Trinajstić information content (AvgIpc) is 2.92. The van der Waals surface area contributed by atoms with Crippen LogP contribution in [0.4, 0.5) is 0 Å². The molecule has 2 N–H and O–H groups in total. The lowest BCUT2D eigenvalue weighted by Gasteiger charge is -2.30.